The summed E-state index contributed by atoms with van der Waals surface area (Å²) in [5, 5.41) is 14.3. The van der Waals surface area contributed by atoms with Gasteiger partial charge in [0, 0.05) is 18.7 Å². The van der Waals surface area contributed by atoms with Crippen LogP contribution < -0.4 is 5.32 Å². The summed E-state index contributed by atoms with van der Waals surface area (Å²) < 4.78 is 5.92. The SMILES string of the molecule is CC1(OCc2ccc([N+](=O)[O-])cc2Cl)CCCNC1. The normalized spacial score (nSPS) is 23.3. The first-order valence-corrected chi connectivity index (χ1v) is 6.65. The van der Waals surface area contributed by atoms with Crippen molar-refractivity contribution in [1.82, 2.24) is 5.32 Å². The molecular formula is C13H17ClN2O3. The zero-order valence-corrected chi connectivity index (χ0v) is 11.6. The van der Waals surface area contributed by atoms with Gasteiger partial charge in [-0.25, -0.2) is 0 Å². The van der Waals surface area contributed by atoms with Gasteiger partial charge >= 0.3 is 0 Å². The third-order valence-electron chi connectivity index (χ3n) is 3.38. The van der Waals surface area contributed by atoms with Gasteiger partial charge in [-0.2, -0.15) is 0 Å². The van der Waals surface area contributed by atoms with Gasteiger partial charge in [0.05, 0.1) is 22.2 Å². The number of ether oxygens (including phenoxy) is 1. The van der Waals surface area contributed by atoms with Gasteiger partial charge in [0.15, 0.2) is 0 Å². The first kappa shape index (κ1) is 14.2. The van der Waals surface area contributed by atoms with Gasteiger partial charge < -0.3 is 10.1 Å². The van der Waals surface area contributed by atoms with E-state index < -0.39 is 4.92 Å². The maximum atomic E-state index is 10.6. The Bertz CT molecular complexity index is 473. The number of nitrogens with one attached hydrogen (secondary N) is 1. The Morgan fingerprint density at radius 2 is 2.37 bits per heavy atom. The Kier molecular flexibility index (Phi) is 4.39. The number of non-ortho nitro benzene ring substituents is 1. The highest BCUT2D eigenvalue weighted by molar-refractivity contribution is 6.31. The molecule has 0 radical (unpaired) electrons. The quantitative estimate of drug-likeness (QED) is 0.682. The van der Waals surface area contributed by atoms with Crippen LogP contribution in [0.3, 0.4) is 0 Å². The number of nitro benzene ring substituents is 1. The number of nitro groups is 1. The highest BCUT2D eigenvalue weighted by Crippen LogP contribution is 2.26. The molecule has 6 heteroatoms. The van der Waals surface area contributed by atoms with Crippen molar-refractivity contribution in [3.63, 3.8) is 0 Å². The second-order valence-electron chi connectivity index (χ2n) is 5.05. The minimum Gasteiger partial charge on any atom is -0.369 e. The van der Waals surface area contributed by atoms with Crippen LogP contribution in [0.2, 0.25) is 5.02 Å². The van der Waals surface area contributed by atoms with Crippen LogP contribution in [0.15, 0.2) is 18.2 Å². The van der Waals surface area contributed by atoms with Gasteiger partial charge in [-0.1, -0.05) is 11.6 Å². The Morgan fingerprint density at radius 3 is 2.95 bits per heavy atom. The van der Waals surface area contributed by atoms with Crippen molar-refractivity contribution < 1.29 is 9.66 Å². The fourth-order valence-electron chi connectivity index (χ4n) is 2.17. The van der Waals surface area contributed by atoms with Gasteiger partial charge in [0.2, 0.25) is 0 Å². The van der Waals surface area contributed by atoms with Gasteiger partial charge in [-0.3, -0.25) is 10.1 Å². The molecule has 2 rings (SSSR count). The monoisotopic (exact) mass is 284 g/mol. The molecule has 1 unspecified atom stereocenters. The van der Waals surface area contributed by atoms with Crippen LogP contribution in [0.5, 0.6) is 0 Å². The average molecular weight is 285 g/mol. The maximum absolute atomic E-state index is 10.6. The largest absolute Gasteiger partial charge is 0.369 e. The molecule has 1 heterocycles. The standard InChI is InChI=1S/C13H17ClN2O3/c1-13(5-2-6-15-9-13)19-8-10-3-4-11(16(17)18)7-12(10)14/h3-4,7,15H,2,5-6,8-9H2,1H3. The summed E-state index contributed by atoms with van der Waals surface area (Å²) in [6, 6.07) is 4.47. The van der Waals surface area contributed by atoms with Crippen molar-refractivity contribution in [1.29, 1.82) is 0 Å². The number of hydrogen-bond acceptors (Lipinski definition) is 4. The van der Waals surface area contributed by atoms with E-state index in [1.54, 1.807) is 6.07 Å². The molecule has 1 saturated heterocycles. The lowest BCUT2D eigenvalue weighted by atomic mass is 9.96. The molecule has 0 spiro atoms. The lowest BCUT2D eigenvalue weighted by Gasteiger charge is -2.34. The first-order valence-electron chi connectivity index (χ1n) is 6.28. The Balaban J connectivity index is 2.01. The van der Waals surface area contributed by atoms with Crippen LogP contribution >= 0.6 is 11.6 Å². The Hall–Kier alpha value is -1.17. The third-order valence-corrected chi connectivity index (χ3v) is 3.73. The molecule has 0 amide bonds. The van der Waals surface area contributed by atoms with E-state index in [1.165, 1.54) is 12.1 Å². The summed E-state index contributed by atoms with van der Waals surface area (Å²) in [5.74, 6) is 0. The molecule has 19 heavy (non-hydrogen) atoms. The van der Waals surface area contributed by atoms with Crippen molar-refractivity contribution >= 4 is 17.3 Å². The predicted molar refractivity (Wildman–Crippen MR) is 73.4 cm³/mol. The van der Waals surface area contributed by atoms with Crippen LogP contribution in [0.25, 0.3) is 0 Å². The smallest absolute Gasteiger partial charge is 0.270 e. The van der Waals surface area contributed by atoms with Crippen molar-refractivity contribution in [3.05, 3.63) is 38.9 Å². The molecule has 1 fully saturated rings. The molecule has 1 aromatic rings. The zero-order valence-electron chi connectivity index (χ0n) is 10.8. The van der Waals surface area contributed by atoms with Gasteiger partial charge in [-0.05, 0) is 37.9 Å². The van der Waals surface area contributed by atoms with Crippen molar-refractivity contribution in [2.24, 2.45) is 0 Å². The summed E-state index contributed by atoms with van der Waals surface area (Å²) >= 11 is 6.04. The molecule has 1 aliphatic rings. The molecule has 1 atom stereocenters. The van der Waals surface area contributed by atoms with Crippen LogP contribution in [0.1, 0.15) is 25.3 Å². The van der Waals surface area contributed by atoms with E-state index in [0.29, 0.717) is 11.6 Å². The number of rotatable bonds is 4. The van der Waals surface area contributed by atoms with Crippen LogP contribution in [0.4, 0.5) is 5.69 Å². The molecule has 0 aliphatic carbocycles. The summed E-state index contributed by atoms with van der Waals surface area (Å²) in [5.41, 5.74) is 0.585. The van der Waals surface area contributed by atoms with Crippen molar-refractivity contribution in [2.45, 2.75) is 32.0 Å². The highest BCUT2D eigenvalue weighted by Gasteiger charge is 2.27. The van der Waals surface area contributed by atoms with Crippen LogP contribution in [-0.4, -0.2) is 23.6 Å². The summed E-state index contributed by atoms with van der Waals surface area (Å²) in [6.07, 6.45) is 2.09. The Morgan fingerprint density at radius 1 is 1.58 bits per heavy atom. The van der Waals surface area contributed by atoms with E-state index in [0.717, 1.165) is 31.5 Å². The summed E-state index contributed by atoms with van der Waals surface area (Å²) in [4.78, 5) is 10.2. The molecule has 104 valence electrons. The van der Waals surface area contributed by atoms with Gasteiger partial charge in [0.25, 0.3) is 5.69 Å². The van der Waals surface area contributed by atoms with Crippen LogP contribution in [0, 0.1) is 10.1 Å². The first-order chi connectivity index (χ1) is 9.00. The molecule has 1 N–H and O–H groups in total. The van der Waals surface area contributed by atoms with Gasteiger partial charge in [-0.15, -0.1) is 0 Å². The highest BCUT2D eigenvalue weighted by atomic mass is 35.5. The molecular weight excluding hydrogens is 268 g/mol. The summed E-state index contributed by atoms with van der Waals surface area (Å²) in [6.45, 7) is 4.28. The molecule has 1 aromatic carbocycles. The van der Waals surface area contributed by atoms with E-state index in [-0.39, 0.29) is 11.3 Å². The molecule has 0 bridgehead atoms. The number of nitrogens with zero attached hydrogens (tertiary/aromatic N) is 1. The maximum Gasteiger partial charge on any atom is 0.270 e. The van der Waals surface area contributed by atoms with Crippen LogP contribution in [-0.2, 0) is 11.3 Å². The number of piperidine rings is 1. The van der Waals surface area contributed by atoms with E-state index in [2.05, 4.69) is 12.2 Å². The van der Waals surface area contributed by atoms with Gasteiger partial charge in [0.1, 0.15) is 0 Å². The molecule has 1 aliphatic heterocycles. The fraction of sp³-hybridized carbons (Fsp3) is 0.538. The minimum atomic E-state index is -0.455. The van der Waals surface area contributed by atoms with E-state index >= 15 is 0 Å². The lowest BCUT2D eigenvalue weighted by molar-refractivity contribution is -0.384. The van der Waals surface area contributed by atoms with E-state index in [4.69, 9.17) is 16.3 Å². The zero-order chi connectivity index (χ0) is 13.9. The topological polar surface area (TPSA) is 64.4 Å². The molecule has 0 saturated carbocycles. The fourth-order valence-corrected chi connectivity index (χ4v) is 2.40. The van der Waals surface area contributed by atoms with Crippen molar-refractivity contribution in [3.8, 4) is 0 Å². The second kappa shape index (κ2) is 5.86. The summed E-state index contributed by atoms with van der Waals surface area (Å²) in [7, 11) is 0. The number of halogens is 1. The van der Waals surface area contributed by atoms with Crippen molar-refractivity contribution in [2.75, 3.05) is 13.1 Å². The average Bonchev–Trinajstić information content (AvgIpc) is 2.38. The Labute approximate surface area is 117 Å². The molecule has 5 nitrogen and oxygen atoms in total. The number of hydrogen-bond donors (Lipinski definition) is 1. The second-order valence-corrected chi connectivity index (χ2v) is 5.46. The van der Waals surface area contributed by atoms with E-state index in [9.17, 15) is 10.1 Å². The lowest BCUT2D eigenvalue weighted by Crippen LogP contribution is -2.45. The molecule has 0 aromatic heterocycles. The minimum absolute atomic E-state index is 0.000653. The number of benzene rings is 1. The third kappa shape index (κ3) is 3.65. The van der Waals surface area contributed by atoms with E-state index in [1.807, 2.05) is 0 Å². The predicted octanol–water partition coefficient (Wildman–Crippen LogP) is 2.91.